The summed E-state index contributed by atoms with van der Waals surface area (Å²) in [4.78, 5) is 4.36. The molecule has 0 aliphatic rings. The van der Waals surface area contributed by atoms with Crippen molar-refractivity contribution in [2.45, 2.75) is 10.9 Å². The number of oxazole rings is 1. The van der Waals surface area contributed by atoms with Gasteiger partial charge in [-0.1, -0.05) is 54.2 Å². The molecule has 2 heterocycles. The van der Waals surface area contributed by atoms with Crippen LogP contribution < -0.4 is 4.74 Å². The summed E-state index contributed by atoms with van der Waals surface area (Å²) in [5.74, 6) is 3.52. The highest BCUT2D eigenvalue weighted by molar-refractivity contribution is 7.98. The van der Waals surface area contributed by atoms with E-state index in [1.54, 1.807) is 13.3 Å². The first-order valence-electron chi connectivity index (χ1n) is 8.42. The van der Waals surface area contributed by atoms with Gasteiger partial charge in [-0.2, -0.15) is 0 Å². The zero-order valence-electron chi connectivity index (χ0n) is 15.0. The fourth-order valence-electron chi connectivity index (χ4n) is 2.74. The van der Waals surface area contributed by atoms with Crippen LogP contribution in [0.1, 0.15) is 5.89 Å². The van der Waals surface area contributed by atoms with Crippen LogP contribution in [0.3, 0.4) is 0 Å². The lowest BCUT2D eigenvalue weighted by Gasteiger charge is -2.07. The number of rotatable bonds is 6. The van der Waals surface area contributed by atoms with Crippen LogP contribution in [0.15, 0.2) is 70.4 Å². The Kier molecular flexibility index (Phi) is 4.93. The summed E-state index contributed by atoms with van der Waals surface area (Å²) >= 11 is 1.53. The highest BCUT2D eigenvalue weighted by atomic mass is 32.2. The van der Waals surface area contributed by atoms with Gasteiger partial charge in [-0.3, -0.25) is 0 Å². The van der Waals surface area contributed by atoms with E-state index < -0.39 is 0 Å². The van der Waals surface area contributed by atoms with Gasteiger partial charge in [0.2, 0.25) is 5.89 Å². The van der Waals surface area contributed by atoms with E-state index >= 15 is 0 Å². The van der Waals surface area contributed by atoms with Gasteiger partial charge < -0.3 is 13.7 Å². The highest BCUT2D eigenvalue weighted by Gasteiger charge is 2.16. The van der Waals surface area contributed by atoms with Crippen molar-refractivity contribution in [1.82, 2.24) is 19.7 Å². The average Bonchev–Trinajstić information content (AvgIpc) is 3.34. The lowest BCUT2D eigenvalue weighted by Crippen LogP contribution is -1.97. The van der Waals surface area contributed by atoms with Crippen molar-refractivity contribution in [1.29, 1.82) is 0 Å². The molecule has 0 saturated heterocycles. The summed E-state index contributed by atoms with van der Waals surface area (Å²) < 4.78 is 13.2. The van der Waals surface area contributed by atoms with E-state index in [1.165, 1.54) is 11.8 Å². The maximum atomic E-state index is 5.85. The van der Waals surface area contributed by atoms with Crippen LogP contribution in [0, 0.1) is 0 Å². The van der Waals surface area contributed by atoms with Crippen LogP contribution in [0.25, 0.3) is 22.7 Å². The molecule has 0 spiro atoms. The lowest BCUT2D eigenvalue weighted by atomic mass is 10.2. The van der Waals surface area contributed by atoms with Gasteiger partial charge in [0.1, 0.15) is 5.75 Å². The third kappa shape index (κ3) is 3.59. The fourth-order valence-corrected chi connectivity index (χ4v) is 3.51. The summed E-state index contributed by atoms with van der Waals surface area (Å²) in [6, 6.07) is 17.7. The normalized spacial score (nSPS) is 10.9. The third-order valence-corrected chi connectivity index (χ3v) is 5.12. The third-order valence-electron chi connectivity index (χ3n) is 4.12. The van der Waals surface area contributed by atoms with Crippen molar-refractivity contribution in [3.8, 4) is 28.5 Å². The van der Waals surface area contributed by atoms with Crippen LogP contribution in [-0.4, -0.2) is 26.9 Å². The number of aromatic nitrogens is 4. The van der Waals surface area contributed by atoms with Gasteiger partial charge in [0.05, 0.1) is 24.6 Å². The van der Waals surface area contributed by atoms with Crippen LogP contribution in [0.2, 0.25) is 0 Å². The molecule has 0 saturated carbocycles. The van der Waals surface area contributed by atoms with Crippen molar-refractivity contribution in [3.05, 3.63) is 66.7 Å². The first-order chi connectivity index (χ1) is 13.3. The molecule has 0 aliphatic carbocycles. The number of methoxy groups -OCH3 is 1. The first-order valence-corrected chi connectivity index (χ1v) is 9.40. The van der Waals surface area contributed by atoms with E-state index in [9.17, 15) is 0 Å². The monoisotopic (exact) mass is 378 g/mol. The van der Waals surface area contributed by atoms with Crippen LogP contribution >= 0.6 is 11.8 Å². The largest absolute Gasteiger partial charge is 0.496 e. The van der Waals surface area contributed by atoms with E-state index in [4.69, 9.17) is 9.15 Å². The van der Waals surface area contributed by atoms with E-state index in [2.05, 4.69) is 15.2 Å². The molecule has 0 fully saturated rings. The summed E-state index contributed by atoms with van der Waals surface area (Å²) in [6.07, 6.45) is 1.75. The zero-order chi connectivity index (χ0) is 18.6. The quantitative estimate of drug-likeness (QED) is 0.462. The Labute approximate surface area is 161 Å². The molecule has 0 radical (unpaired) electrons. The van der Waals surface area contributed by atoms with Gasteiger partial charge in [0.15, 0.2) is 16.7 Å². The Morgan fingerprint density at radius 3 is 2.63 bits per heavy atom. The van der Waals surface area contributed by atoms with Gasteiger partial charge in [0, 0.05) is 12.6 Å². The molecule has 0 unspecified atom stereocenters. The van der Waals surface area contributed by atoms with Gasteiger partial charge >= 0.3 is 0 Å². The van der Waals surface area contributed by atoms with Crippen LogP contribution in [-0.2, 0) is 12.8 Å². The molecule has 2 aromatic carbocycles. The average molecular weight is 378 g/mol. The van der Waals surface area contributed by atoms with Gasteiger partial charge in [0.25, 0.3) is 0 Å². The molecular weight excluding hydrogens is 360 g/mol. The Balaban J connectivity index is 1.50. The molecule has 6 nitrogen and oxygen atoms in total. The number of benzene rings is 2. The molecule has 4 rings (SSSR count). The van der Waals surface area contributed by atoms with Crippen molar-refractivity contribution < 1.29 is 9.15 Å². The Bertz CT molecular complexity index is 1040. The van der Waals surface area contributed by atoms with Crippen molar-refractivity contribution >= 4 is 11.8 Å². The van der Waals surface area contributed by atoms with Gasteiger partial charge in [-0.25, -0.2) is 4.98 Å². The first kappa shape index (κ1) is 17.4. The second-order valence-electron chi connectivity index (χ2n) is 5.84. The lowest BCUT2D eigenvalue weighted by molar-refractivity contribution is 0.416. The Hall–Kier alpha value is -3.06. The molecule has 0 N–H and O–H groups in total. The smallest absolute Gasteiger partial charge is 0.205 e. The molecule has 7 heteroatoms. The van der Waals surface area contributed by atoms with Crippen molar-refractivity contribution in [3.63, 3.8) is 0 Å². The van der Waals surface area contributed by atoms with Crippen LogP contribution in [0.5, 0.6) is 5.75 Å². The summed E-state index contributed by atoms with van der Waals surface area (Å²) in [6.45, 7) is 0. The standard InChI is InChI=1S/C20H18N4O2S/c1-24-19(15-10-6-7-11-16(15)25-2)22-23-20(24)27-13-18-21-12-17(26-18)14-8-4-3-5-9-14/h3-12H,13H2,1-2H3. The number of hydrogen-bond acceptors (Lipinski definition) is 6. The molecule has 0 bridgehead atoms. The maximum Gasteiger partial charge on any atom is 0.205 e. The summed E-state index contributed by atoms with van der Waals surface area (Å²) in [5, 5.41) is 9.41. The topological polar surface area (TPSA) is 66.0 Å². The number of hydrogen-bond donors (Lipinski definition) is 0. The number of thioether (sulfide) groups is 1. The molecule has 0 aliphatic heterocycles. The predicted molar refractivity (Wildman–Crippen MR) is 104 cm³/mol. The minimum Gasteiger partial charge on any atom is -0.496 e. The number of ether oxygens (including phenoxy) is 1. The molecule has 2 aromatic heterocycles. The predicted octanol–water partition coefficient (Wildman–Crippen LogP) is 4.44. The van der Waals surface area contributed by atoms with E-state index in [0.29, 0.717) is 11.6 Å². The molecule has 0 atom stereocenters. The fraction of sp³-hybridized carbons (Fsp3) is 0.150. The molecule has 136 valence electrons. The van der Waals surface area contributed by atoms with Crippen LogP contribution in [0.4, 0.5) is 0 Å². The van der Waals surface area contributed by atoms with E-state index in [-0.39, 0.29) is 0 Å². The summed E-state index contributed by atoms with van der Waals surface area (Å²) in [5.41, 5.74) is 1.92. The summed E-state index contributed by atoms with van der Waals surface area (Å²) in [7, 11) is 3.59. The number of para-hydroxylation sites is 1. The Morgan fingerprint density at radius 1 is 1.04 bits per heavy atom. The van der Waals surface area contributed by atoms with Crippen molar-refractivity contribution in [2.75, 3.05) is 7.11 Å². The van der Waals surface area contributed by atoms with Gasteiger partial charge in [-0.05, 0) is 12.1 Å². The molecule has 27 heavy (non-hydrogen) atoms. The number of nitrogens with zero attached hydrogens (tertiary/aromatic N) is 4. The van der Waals surface area contributed by atoms with Crippen molar-refractivity contribution in [2.24, 2.45) is 7.05 Å². The maximum absolute atomic E-state index is 5.85. The van der Waals surface area contributed by atoms with Gasteiger partial charge in [-0.15, -0.1) is 10.2 Å². The highest BCUT2D eigenvalue weighted by Crippen LogP contribution is 2.31. The van der Waals surface area contributed by atoms with E-state index in [0.717, 1.165) is 33.6 Å². The second-order valence-corrected chi connectivity index (χ2v) is 6.78. The molecule has 4 aromatic rings. The second kappa shape index (κ2) is 7.67. The minimum absolute atomic E-state index is 0.574. The zero-order valence-corrected chi connectivity index (χ0v) is 15.8. The van der Waals surface area contributed by atoms with E-state index in [1.807, 2.05) is 66.2 Å². The Morgan fingerprint density at radius 2 is 1.81 bits per heavy atom. The minimum atomic E-state index is 0.574. The molecule has 0 amide bonds. The SMILES string of the molecule is COc1ccccc1-c1nnc(SCc2ncc(-c3ccccc3)o2)n1C. The molecular formula is C20H18N4O2S.